The SMILES string of the molecule is CC(=O)N1CCC(C(=O)N2C3CCC2CC([C@H](N)C(=O)N2[C@H](C#N)C[C@@H]4C[C@]42OC(=O)C(F)(F)F)C3)CC1. The van der Waals surface area contributed by atoms with Crippen molar-refractivity contribution in [2.45, 2.75) is 94.4 Å². The van der Waals surface area contributed by atoms with E-state index in [0.29, 0.717) is 38.8 Å². The Bertz CT molecular complexity index is 1060. The molecule has 0 aromatic carbocycles. The minimum Gasteiger partial charge on any atom is -0.432 e. The molecule has 4 heterocycles. The first-order chi connectivity index (χ1) is 17.9. The molecule has 2 N–H and O–H groups in total. The summed E-state index contributed by atoms with van der Waals surface area (Å²) in [6.45, 7) is 2.62. The number of fused-ring (bicyclic) bond motifs is 3. The van der Waals surface area contributed by atoms with Crippen LogP contribution in [0.4, 0.5) is 13.2 Å². The predicted octanol–water partition coefficient (Wildman–Crippen LogP) is 1.29. The van der Waals surface area contributed by atoms with Gasteiger partial charge in [0, 0.05) is 50.4 Å². The Morgan fingerprint density at radius 2 is 1.66 bits per heavy atom. The molecule has 5 rings (SSSR count). The zero-order valence-corrected chi connectivity index (χ0v) is 21.2. The number of amides is 3. The molecule has 2 bridgehead atoms. The van der Waals surface area contributed by atoms with Crippen LogP contribution >= 0.6 is 0 Å². The summed E-state index contributed by atoms with van der Waals surface area (Å²) in [5.41, 5.74) is 4.63. The molecular weight excluding hydrogens is 507 g/mol. The zero-order valence-electron chi connectivity index (χ0n) is 21.2. The Morgan fingerprint density at radius 1 is 1.05 bits per heavy atom. The monoisotopic (exact) mass is 539 g/mol. The highest BCUT2D eigenvalue weighted by molar-refractivity contribution is 5.86. The molecule has 10 nitrogen and oxygen atoms in total. The summed E-state index contributed by atoms with van der Waals surface area (Å²) in [6, 6.07) is -0.346. The van der Waals surface area contributed by atoms with Crippen LogP contribution in [-0.4, -0.2) is 87.5 Å². The molecular formula is C25H32F3N5O5. The third kappa shape index (κ3) is 4.40. The van der Waals surface area contributed by atoms with Gasteiger partial charge in [0.25, 0.3) is 0 Å². The average molecular weight is 540 g/mol. The first kappa shape index (κ1) is 26.7. The Hall–Kier alpha value is -2.88. The Morgan fingerprint density at radius 3 is 2.18 bits per heavy atom. The number of nitrogens with zero attached hydrogens (tertiary/aromatic N) is 4. The summed E-state index contributed by atoms with van der Waals surface area (Å²) in [5, 5.41) is 9.57. The molecule has 0 radical (unpaired) electrons. The molecule has 0 aromatic rings. The van der Waals surface area contributed by atoms with Gasteiger partial charge in [-0.25, -0.2) is 4.79 Å². The Kier molecular flexibility index (Phi) is 6.60. The molecule has 1 saturated carbocycles. The van der Waals surface area contributed by atoms with Gasteiger partial charge in [-0.1, -0.05) is 0 Å². The normalized spacial score (nSPS) is 35.4. The van der Waals surface area contributed by atoms with Gasteiger partial charge in [0.1, 0.15) is 6.04 Å². The van der Waals surface area contributed by atoms with Crippen molar-refractivity contribution in [1.29, 1.82) is 5.26 Å². The van der Waals surface area contributed by atoms with Crippen molar-refractivity contribution < 1.29 is 37.1 Å². The first-order valence-electron chi connectivity index (χ1n) is 13.2. The number of esters is 1. The number of rotatable bonds is 4. The van der Waals surface area contributed by atoms with E-state index in [1.165, 1.54) is 6.92 Å². The maximum atomic E-state index is 13.5. The molecule has 4 saturated heterocycles. The molecule has 38 heavy (non-hydrogen) atoms. The summed E-state index contributed by atoms with van der Waals surface area (Å²) in [5.74, 6) is -4.01. The topological polar surface area (TPSA) is 137 Å². The third-order valence-corrected chi connectivity index (χ3v) is 9.24. The van der Waals surface area contributed by atoms with Gasteiger partial charge in [0.15, 0.2) is 5.72 Å². The molecule has 3 amide bonds. The van der Waals surface area contributed by atoms with E-state index in [2.05, 4.69) is 0 Å². The van der Waals surface area contributed by atoms with Crippen LogP contribution in [0.2, 0.25) is 0 Å². The van der Waals surface area contributed by atoms with Gasteiger partial charge in [-0.2, -0.15) is 18.4 Å². The number of nitriles is 1. The fraction of sp³-hybridized carbons (Fsp3) is 0.800. The van der Waals surface area contributed by atoms with Crippen LogP contribution in [0.5, 0.6) is 0 Å². The molecule has 6 atom stereocenters. The number of carbonyl (C=O) groups excluding carboxylic acids is 4. The van der Waals surface area contributed by atoms with E-state index in [1.807, 2.05) is 11.0 Å². The van der Waals surface area contributed by atoms with Crippen LogP contribution < -0.4 is 5.73 Å². The predicted molar refractivity (Wildman–Crippen MR) is 123 cm³/mol. The highest BCUT2D eigenvalue weighted by atomic mass is 19.4. The van der Waals surface area contributed by atoms with E-state index in [0.717, 1.165) is 17.7 Å². The lowest BCUT2D eigenvalue weighted by atomic mass is 9.83. The summed E-state index contributed by atoms with van der Waals surface area (Å²) in [4.78, 5) is 54.8. The lowest BCUT2D eigenvalue weighted by Gasteiger charge is -2.44. The molecule has 0 spiro atoms. The number of hydrogen-bond donors (Lipinski definition) is 1. The first-order valence-corrected chi connectivity index (χ1v) is 13.2. The highest BCUT2D eigenvalue weighted by Crippen LogP contribution is 2.59. The van der Waals surface area contributed by atoms with E-state index >= 15 is 0 Å². The van der Waals surface area contributed by atoms with Crippen molar-refractivity contribution in [3.8, 4) is 6.07 Å². The smallest absolute Gasteiger partial charge is 0.432 e. The summed E-state index contributed by atoms with van der Waals surface area (Å²) in [7, 11) is 0. The molecule has 208 valence electrons. The van der Waals surface area contributed by atoms with Crippen LogP contribution in [-0.2, 0) is 23.9 Å². The van der Waals surface area contributed by atoms with Gasteiger partial charge in [0.2, 0.25) is 17.7 Å². The number of hydrogen-bond acceptors (Lipinski definition) is 7. The lowest BCUT2D eigenvalue weighted by molar-refractivity contribution is -0.217. The number of nitrogens with two attached hydrogens (primary N) is 1. The second kappa shape index (κ2) is 9.39. The molecule has 2 unspecified atom stereocenters. The van der Waals surface area contributed by atoms with Crippen LogP contribution in [0.15, 0.2) is 0 Å². The highest BCUT2D eigenvalue weighted by Gasteiger charge is 2.72. The van der Waals surface area contributed by atoms with Crippen molar-refractivity contribution in [3.05, 3.63) is 0 Å². The van der Waals surface area contributed by atoms with E-state index in [-0.39, 0.29) is 48.6 Å². The summed E-state index contributed by atoms with van der Waals surface area (Å²) in [6.07, 6.45) is -1.31. The number of likely N-dealkylation sites (tertiary alicyclic amines) is 2. The number of piperidine rings is 3. The van der Waals surface area contributed by atoms with E-state index in [9.17, 15) is 37.6 Å². The Labute approximate surface area is 218 Å². The molecule has 1 aliphatic carbocycles. The van der Waals surface area contributed by atoms with Crippen LogP contribution in [0.25, 0.3) is 0 Å². The van der Waals surface area contributed by atoms with Gasteiger partial charge in [-0.05, 0) is 50.9 Å². The van der Waals surface area contributed by atoms with Crippen molar-refractivity contribution >= 4 is 23.7 Å². The Balaban J connectivity index is 1.25. The summed E-state index contributed by atoms with van der Waals surface area (Å²) >= 11 is 0. The number of halogens is 3. The van der Waals surface area contributed by atoms with Crippen LogP contribution in [0, 0.1) is 29.1 Å². The third-order valence-electron chi connectivity index (χ3n) is 9.24. The summed E-state index contributed by atoms with van der Waals surface area (Å²) < 4.78 is 43.5. The molecule has 4 aliphatic heterocycles. The van der Waals surface area contributed by atoms with Crippen molar-refractivity contribution in [2.24, 2.45) is 23.5 Å². The van der Waals surface area contributed by atoms with Crippen molar-refractivity contribution in [1.82, 2.24) is 14.7 Å². The van der Waals surface area contributed by atoms with Crippen molar-refractivity contribution in [2.75, 3.05) is 13.1 Å². The standard InChI is InChI=1S/C25H32F3N5O5/c1-13(34)31-6-4-14(5-7-31)21(35)32-17-2-3-18(32)9-15(8-17)20(30)22(36)33-19(12-29)10-16-11-24(16,33)38-23(37)25(26,27)28/h14-20H,2-11,30H2,1H3/t15?,16-,17?,18?,19+,20+,24+/m1/s1. The molecule has 5 fully saturated rings. The molecule has 5 aliphatic rings. The zero-order chi connectivity index (χ0) is 27.6. The van der Waals surface area contributed by atoms with Crippen LogP contribution in [0.3, 0.4) is 0 Å². The van der Waals surface area contributed by atoms with Crippen molar-refractivity contribution in [3.63, 3.8) is 0 Å². The quantitative estimate of drug-likeness (QED) is 0.532. The van der Waals surface area contributed by atoms with E-state index < -0.39 is 41.8 Å². The minimum atomic E-state index is -5.22. The molecule has 13 heteroatoms. The van der Waals surface area contributed by atoms with Gasteiger partial charge < -0.3 is 20.3 Å². The van der Waals surface area contributed by atoms with E-state index in [4.69, 9.17) is 10.5 Å². The second-order valence-electron chi connectivity index (χ2n) is 11.4. The minimum absolute atomic E-state index is 0.000419. The maximum absolute atomic E-state index is 13.5. The molecule has 0 aromatic heterocycles. The van der Waals surface area contributed by atoms with E-state index in [1.54, 1.807) is 4.90 Å². The number of carbonyl (C=O) groups is 4. The van der Waals surface area contributed by atoms with Crippen LogP contribution in [0.1, 0.15) is 58.3 Å². The lowest BCUT2D eigenvalue weighted by Crippen LogP contribution is -2.59. The fourth-order valence-corrected chi connectivity index (χ4v) is 7.23. The second-order valence-corrected chi connectivity index (χ2v) is 11.4. The largest absolute Gasteiger partial charge is 0.491 e. The fourth-order valence-electron chi connectivity index (χ4n) is 7.23. The van der Waals surface area contributed by atoms with Gasteiger partial charge in [0.05, 0.1) is 12.1 Å². The van der Waals surface area contributed by atoms with Gasteiger partial charge >= 0.3 is 12.1 Å². The number of alkyl halides is 3. The number of ether oxygens (including phenoxy) is 1. The van der Waals surface area contributed by atoms with Gasteiger partial charge in [-0.15, -0.1) is 0 Å². The van der Waals surface area contributed by atoms with Gasteiger partial charge in [-0.3, -0.25) is 19.3 Å². The maximum Gasteiger partial charge on any atom is 0.491 e. The average Bonchev–Trinajstić information content (AvgIpc) is 3.37.